The summed E-state index contributed by atoms with van der Waals surface area (Å²) < 4.78 is 0. The Morgan fingerprint density at radius 2 is 2.25 bits per heavy atom. The second-order valence-corrected chi connectivity index (χ2v) is 3.45. The molecule has 0 saturated carbocycles. The lowest BCUT2D eigenvalue weighted by Gasteiger charge is -1.96. The average molecular weight is 175 g/mol. The first-order valence-corrected chi connectivity index (χ1v) is 4.53. The van der Waals surface area contributed by atoms with Gasteiger partial charge in [-0.25, -0.2) is 4.99 Å². The van der Waals surface area contributed by atoms with Gasteiger partial charge in [-0.1, -0.05) is 18.2 Å². The Morgan fingerprint density at radius 1 is 1.42 bits per heavy atom. The van der Waals surface area contributed by atoms with E-state index < -0.39 is 0 Å². The third-order valence-electron chi connectivity index (χ3n) is 1.84. The van der Waals surface area contributed by atoms with Gasteiger partial charge in [-0.15, -0.1) is 0 Å². The summed E-state index contributed by atoms with van der Waals surface area (Å²) in [6, 6.07) is 8.04. The highest BCUT2D eigenvalue weighted by Crippen LogP contribution is 2.30. The summed E-state index contributed by atoms with van der Waals surface area (Å²) in [6.07, 6.45) is 1.94. The van der Waals surface area contributed by atoms with Crippen molar-refractivity contribution < 1.29 is 4.99 Å². The first-order chi connectivity index (χ1) is 5.92. The molecule has 1 aliphatic rings. The Kier molecular flexibility index (Phi) is 1.84. The standard InChI is InChI=1S/C9H6N2S/c10-6-12-9-5-11-8-4-2-1-3-7(8)9/h1-5,9H/p+1. The van der Waals surface area contributed by atoms with Crippen LogP contribution < -0.4 is 4.99 Å². The zero-order valence-corrected chi connectivity index (χ0v) is 7.14. The zero-order chi connectivity index (χ0) is 8.39. The second-order valence-electron chi connectivity index (χ2n) is 2.53. The maximum absolute atomic E-state index is 8.52. The molecule has 1 aromatic carbocycles. The van der Waals surface area contributed by atoms with Crippen LogP contribution in [-0.2, 0) is 0 Å². The summed E-state index contributed by atoms with van der Waals surface area (Å²) in [5, 5.41) is 10.8. The molecular weight excluding hydrogens is 168 g/mol. The summed E-state index contributed by atoms with van der Waals surface area (Å²) >= 11 is 1.27. The number of nitrogens with zero attached hydrogens (tertiary/aromatic N) is 1. The molecule has 2 nitrogen and oxygen atoms in total. The van der Waals surface area contributed by atoms with Crippen LogP contribution in [0.4, 0.5) is 5.69 Å². The van der Waals surface area contributed by atoms with Crippen molar-refractivity contribution in [3.63, 3.8) is 0 Å². The molecule has 0 radical (unpaired) electrons. The van der Waals surface area contributed by atoms with Gasteiger partial charge in [0.15, 0.2) is 6.21 Å². The molecule has 1 aromatic rings. The predicted octanol–water partition coefficient (Wildman–Crippen LogP) is 0.738. The molecule has 0 bridgehead atoms. The van der Waals surface area contributed by atoms with Crippen LogP contribution in [0.3, 0.4) is 0 Å². The number of thioether (sulfide) groups is 1. The quantitative estimate of drug-likeness (QED) is 0.639. The molecular formula is C9H7N2S+. The van der Waals surface area contributed by atoms with Crippen LogP contribution in [-0.4, -0.2) is 6.21 Å². The molecule has 0 aromatic heterocycles. The third-order valence-corrected chi connectivity index (χ3v) is 2.59. The van der Waals surface area contributed by atoms with E-state index >= 15 is 0 Å². The Hall–Kier alpha value is -1.27. The fourth-order valence-corrected chi connectivity index (χ4v) is 1.87. The molecule has 1 heterocycles. The number of nitriles is 1. The van der Waals surface area contributed by atoms with Crippen molar-refractivity contribution in [2.45, 2.75) is 5.25 Å². The molecule has 1 unspecified atom stereocenters. The maximum Gasteiger partial charge on any atom is 0.208 e. The van der Waals surface area contributed by atoms with Gasteiger partial charge in [0.25, 0.3) is 0 Å². The number of benzene rings is 1. The monoisotopic (exact) mass is 175 g/mol. The number of para-hydroxylation sites is 1. The van der Waals surface area contributed by atoms with E-state index in [1.54, 1.807) is 0 Å². The zero-order valence-electron chi connectivity index (χ0n) is 6.32. The maximum atomic E-state index is 8.52. The van der Waals surface area contributed by atoms with E-state index in [0.29, 0.717) is 0 Å². The molecule has 12 heavy (non-hydrogen) atoms. The van der Waals surface area contributed by atoms with Crippen LogP contribution >= 0.6 is 11.8 Å². The summed E-state index contributed by atoms with van der Waals surface area (Å²) in [5.41, 5.74) is 2.31. The molecule has 2 rings (SSSR count). The van der Waals surface area contributed by atoms with Gasteiger partial charge in [-0.3, -0.25) is 0 Å². The van der Waals surface area contributed by atoms with Crippen LogP contribution in [0.25, 0.3) is 0 Å². The Labute approximate surface area is 74.9 Å². The molecule has 0 aliphatic carbocycles. The highest BCUT2D eigenvalue weighted by molar-refractivity contribution is 8.04. The Balaban J connectivity index is 2.37. The van der Waals surface area contributed by atoms with E-state index in [1.165, 1.54) is 17.3 Å². The number of thiocyanates is 1. The SMILES string of the molecule is N#CSC1C=[NH+]c2ccccc21. The van der Waals surface area contributed by atoms with Crippen LogP contribution in [0.15, 0.2) is 24.3 Å². The van der Waals surface area contributed by atoms with Gasteiger partial charge in [-0.2, -0.15) is 5.26 Å². The Morgan fingerprint density at radius 3 is 3.08 bits per heavy atom. The molecule has 0 fully saturated rings. The van der Waals surface area contributed by atoms with Gasteiger partial charge in [0, 0.05) is 11.6 Å². The van der Waals surface area contributed by atoms with Crippen molar-refractivity contribution in [2.24, 2.45) is 0 Å². The summed E-state index contributed by atoms with van der Waals surface area (Å²) in [7, 11) is 0. The van der Waals surface area contributed by atoms with Gasteiger partial charge in [0.1, 0.15) is 10.7 Å². The van der Waals surface area contributed by atoms with Crippen molar-refractivity contribution in [1.29, 1.82) is 5.26 Å². The van der Waals surface area contributed by atoms with Crippen LogP contribution in [0, 0.1) is 10.7 Å². The van der Waals surface area contributed by atoms with Crippen molar-refractivity contribution in [3.8, 4) is 5.40 Å². The first-order valence-electron chi connectivity index (χ1n) is 3.65. The highest BCUT2D eigenvalue weighted by atomic mass is 32.2. The molecule has 0 amide bonds. The van der Waals surface area contributed by atoms with Crippen molar-refractivity contribution in [1.82, 2.24) is 0 Å². The number of hydrogen-bond acceptors (Lipinski definition) is 2. The summed E-state index contributed by atoms with van der Waals surface area (Å²) in [4.78, 5) is 3.14. The number of nitrogens with one attached hydrogen (secondary N) is 1. The van der Waals surface area contributed by atoms with Gasteiger partial charge in [0.05, 0.1) is 0 Å². The van der Waals surface area contributed by atoms with E-state index in [2.05, 4.69) is 10.4 Å². The molecule has 58 valence electrons. The minimum Gasteiger partial charge on any atom is -0.214 e. The van der Waals surface area contributed by atoms with Crippen molar-refractivity contribution >= 4 is 23.7 Å². The molecule has 1 N–H and O–H groups in total. The number of fused-ring (bicyclic) bond motifs is 1. The fraction of sp³-hybridized carbons (Fsp3) is 0.111. The fourth-order valence-electron chi connectivity index (χ4n) is 1.29. The molecule has 0 saturated heterocycles. The van der Waals surface area contributed by atoms with E-state index in [9.17, 15) is 0 Å². The molecule has 1 aliphatic heterocycles. The van der Waals surface area contributed by atoms with E-state index in [1.807, 2.05) is 30.5 Å². The highest BCUT2D eigenvalue weighted by Gasteiger charge is 2.24. The lowest BCUT2D eigenvalue weighted by molar-refractivity contribution is -0.343. The normalized spacial score (nSPS) is 18.8. The van der Waals surface area contributed by atoms with Crippen LogP contribution in [0.2, 0.25) is 0 Å². The molecule has 1 atom stereocenters. The molecule has 3 heteroatoms. The van der Waals surface area contributed by atoms with Crippen molar-refractivity contribution in [3.05, 3.63) is 29.8 Å². The minimum atomic E-state index is 0.186. The van der Waals surface area contributed by atoms with Crippen LogP contribution in [0.5, 0.6) is 0 Å². The lowest BCUT2D eigenvalue weighted by Crippen LogP contribution is -2.59. The van der Waals surface area contributed by atoms with Gasteiger partial charge in [-0.05, 0) is 11.8 Å². The van der Waals surface area contributed by atoms with Gasteiger partial charge >= 0.3 is 0 Å². The first kappa shape index (κ1) is 7.38. The van der Waals surface area contributed by atoms with Gasteiger partial charge in [0.2, 0.25) is 5.69 Å². The van der Waals surface area contributed by atoms with E-state index in [-0.39, 0.29) is 5.25 Å². The number of rotatable bonds is 1. The average Bonchev–Trinajstić information content (AvgIpc) is 2.50. The van der Waals surface area contributed by atoms with E-state index in [4.69, 9.17) is 5.26 Å². The largest absolute Gasteiger partial charge is 0.214 e. The predicted molar refractivity (Wildman–Crippen MR) is 49.1 cm³/mol. The smallest absolute Gasteiger partial charge is 0.208 e. The molecule has 0 spiro atoms. The van der Waals surface area contributed by atoms with Gasteiger partial charge < -0.3 is 0 Å². The Bertz CT molecular complexity index is 365. The second kappa shape index (κ2) is 3.00. The van der Waals surface area contributed by atoms with E-state index in [0.717, 1.165) is 5.69 Å². The number of hydrogen-bond donors (Lipinski definition) is 1. The summed E-state index contributed by atoms with van der Waals surface area (Å²) in [5.74, 6) is 0. The lowest BCUT2D eigenvalue weighted by atomic mass is 10.1. The van der Waals surface area contributed by atoms with Crippen molar-refractivity contribution in [2.75, 3.05) is 0 Å². The summed E-state index contributed by atoms with van der Waals surface area (Å²) in [6.45, 7) is 0. The third kappa shape index (κ3) is 1.10. The topological polar surface area (TPSA) is 37.8 Å². The van der Waals surface area contributed by atoms with Crippen LogP contribution in [0.1, 0.15) is 10.8 Å². The minimum absolute atomic E-state index is 0.186.